The number of aliphatic hydroxyl groups excluding tert-OH is 12. The zero-order valence-electron chi connectivity index (χ0n) is 50.4. The first-order chi connectivity index (χ1) is 43.4. The molecule has 4 aromatic rings. The molecule has 0 amide bonds. The maximum absolute atomic E-state index is 13.1. The van der Waals surface area contributed by atoms with E-state index in [1.54, 1.807) is 0 Å². The summed E-state index contributed by atoms with van der Waals surface area (Å²) in [6.45, 7) is 0. The Balaban J connectivity index is 0.000000490. The van der Waals surface area contributed by atoms with Crippen LogP contribution in [-0.2, 0) is 97.9 Å². The van der Waals surface area contributed by atoms with Crippen molar-refractivity contribution in [3.63, 3.8) is 0 Å². The van der Waals surface area contributed by atoms with Gasteiger partial charge in [0.1, 0.15) is 97.7 Å². The molecule has 16 N–H and O–H groups in total. The van der Waals surface area contributed by atoms with Gasteiger partial charge in [0.2, 0.25) is 41.4 Å². The summed E-state index contributed by atoms with van der Waals surface area (Å²) in [6.07, 6.45) is -36.1. The predicted molar refractivity (Wildman–Crippen MR) is 294 cm³/mol. The van der Waals surface area contributed by atoms with E-state index in [0.29, 0.717) is 0 Å². The van der Waals surface area contributed by atoms with E-state index < -0.39 is 223 Å². The Bertz CT molecular complexity index is 3680. The van der Waals surface area contributed by atoms with Crippen molar-refractivity contribution in [3.05, 3.63) is 97.1 Å². The molecular formula is C48H52N4Na4O36S6. The Morgan fingerprint density at radius 2 is 0.408 bits per heavy atom. The van der Waals surface area contributed by atoms with E-state index in [0.717, 1.165) is 97.1 Å². The number of carboxylic acids is 4. The van der Waals surface area contributed by atoms with Gasteiger partial charge in [0.25, 0.3) is 40.1 Å². The Morgan fingerprint density at radius 1 is 0.265 bits per heavy atom. The van der Waals surface area contributed by atoms with E-state index >= 15 is 0 Å². The molecule has 0 aromatic heterocycles. The van der Waals surface area contributed by atoms with Gasteiger partial charge in [-0.05, 0) is 97.1 Å². The Kier molecular flexibility index (Phi) is 31.6. The van der Waals surface area contributed by atoms with Crippen molar-refractivity contribution in [2.24, 2.45) is 0 Å². The number of carbonyl (C=O) groups excluding carboxylic acids is 4. The molecule has 0 bridgehead atoms. The monoisotopic (exact) mass is 1540 g/mol. The van der Waals surface area contributed by atoms with E-state index in [1.807, 2.05) is 18.9 Å². The van der Waals surface area contributed by atoms with Crippen molar-refractivity contribution in [2.75, 3.05) is 18.9 Å². The molecule has 0 unspecified atom stereocenters. The quantitative estimate of drug-likeness (QED) is 0.0365. The van der Waals surface area contributed by atoms with Crippen molar-refractivity contribution in [1.29, 1.82) is 0 Å². The number of sulfonamides is 4. The van der Waals surface area contributed by atoms with Gasteiger partial charge in [-0.1, -0.05) is 0 Å². The van der Waals surface area contributed by atoms with Gasteiger partial charge in [0.15, 0.2) is 0 Å². The third-order valence-corrected chi connectivity index (χ3v) is 23.8. The van der Waals surface area contributed by atoms with Crippen LogP contribution in [0.4, 0.5) is 22.7 Å². The van der Waals surface area contributed by atoms with Gasteiger partial charge in [-0.25, -0.2) is 50.5 Å². The molecular weight excluding hydrogens is 1490 g/mol. The number of hydrogen-bond acceptors (Lipinski definition) is 36. The average Bonchev–Trinajstić information content (AvgIpc) is 0.795. The van der Waals surface area contributed by atoms with Crippen molar-refractivity contribution in [2.45, 2.75) is 139 Å². The first-order valence-electron chi connectivity index (χ1n) is 26.0. The maximum atomic E-state index is 13.1. The zero-order chi connectivity index (χ0) is 70.4. The van der Waals surface area contributed by atoms with Gasteiger partial charge < -0.3 is 120 Å². The molecule has 0 radical (unpaired) electrons. The molecule has 20 atom stereocenters. The van der Waals surface area contributed by atoms with E-state index in [2.05, 4.69) is 0 Å². The first-order valence-corrected chi connectivity index (χ1v) is 35.1. The molecule has 4 heterocycles. The van der Waals surface area contributed by atoms with Crippen molar-refractivity contribution in [3.8, 4) is 0 Å². The van der Waals surface area contributed by atoms with Crippen molar-refractivity contribution in [1.82, 2.24) is 0 Å². The van der Waals surface area contributed by atoms with Gasteiger partial charge >= 0.3 is 118 Å². The number of hydrogen-bond donors (Lipinski definition) is 16. The Labute approximate surface area is 642 Å². The van der Waals surface area contributed by atoms with Gasteiger partial charge in [0.05, 0.1) is 43.5 Å². The van der Waals surface area contributed by atoms with E-state index in [4.69, 9.17) is 18.9 Å². The maximum Gasteiger partial charge on any atom is 1.00 e. The third kappa shape index (κ3) is 19.5. The number of anilines is 4. The minimum atomic E-state index is -4.83. The van der Waals surface area contributed by atoms with Crippen LogP contribution in [0.25, 0.3) is 0 Å². The molecule has 4 aliphatic rings. The number of nitrogens with one attached hydrogen (secondary N) is 4. The molecule has 520 valence electrons. The number of carbonyl (C=O) groups is 4. The molecule has 8 rings (SSSR count). The molecule has 4 fully saturated rings. The van der Waals surface area contributed by atoms with Crippen LogP contribution in [0.1, 0.15) is 0 Å². The molecule has 0 spiro atoms. The summed E-state index contributed by atoms with van der Waals surface area (Å²) in [5.74, 6) is -8.25. The summed E-state index contributed by atoms with van der Waals surface area (Å²) in [6, 6.07) is 15.5. The minimum absolute atomic E-state index is 0. The number of aliphatic carboxylic acids is 4. The van der Waals surface area contributed by atoms with Crippen LogP contribution in [0.2, 0.25) is 0 Å². The van der Waals surface area contributed by atoms with E-state index in [-0.39, 0.29) is 141 Å². The second-order valence-electron chi connectivity index (χ2n) is 20.6. The summed E-state index contributed by atoms with van der Waals surface area (Å²) in [4.78, 5) is 43.1. The molecule has 98 heavy (non-hydrogen) atoms. The average molecular weight is 1550 g/mol. The summed E-state index contributed by atoms with van der Waals surface area (Å²) in [5.41, 5.74) is -10.7. The summed E-state index contributed by atoms with van der Waals surface area (Å²) >= 11 is 0. The number of benzene rings is 4. The molecule has 4 saturated heterocycles. The molecule has 4 aliphatic heterocycles. The second kappa shape index (κ2) is 34.7. The standard InChI is InChI=1S/2C24H28N2O18S3.4Na/c2*27-13-15(29)19(21(33)34)43-23(17(13)31)46(39,40)25-9-1-5-11(6-2-9)45(37,38)12-7-3-10(4-8-12)26-47(41,42)24-18(32)14(28)16(30)20(44-24)22(35)36;;;;/h2*1-8,13-20,23-32H,(H,33,34)(H,35,36);;;;/q;;4*+1/p-4/t2*13-,14-,15-,16-,17+,18+,19-,20-,23-,24-;;;;/m00..../s1. The largest absolute Gasteiger partial charge is 1.00 e. The first kappa shape index (κ1) is 89.2. The van der Waals surface area contributed by atoms with Gasteiger partial charge in [-0.3, -0.25) is 18.9 Å². The van der Waals surface area contributed by atoms with Crippen molar-refractivity contribution >= 4 is 106 Å². The van der Waals surface area contributed by atoms with Gasteiger partial charge in [-0.2, -0.15) is 0 Å². The Morgan fingerprint density at radius 3 is 0.541 bits per heavy atom. The fourth-order valence-corrected chi connectivity index (χ4v) is 17.2. The van der Waals surface area contributed by atoms with Gasteiger partial charge in [0, 0.05) is 22.7 Å². The van der Waals surface area contributed by atoms with Crippen LogP contribution in [0, 0.1) is 0 Å². The third-order valence-electron chi connectivity index (χ3n) is 14.1. The zero-order valence-corrected chi connectivity index (χ0v) is 63.3. The Hall–Kier alpha value is -2.98. The van der Waals surface area contributed by atoms with Crippen LogP contribution in [-0.4, -0.2) is 255 Å². The normalized spacial score (nSPS) is 30.6. The number of aliphatic hydroxyl groups is 12. The second-order valence-corrected chi connectivity index (χ2v) is 31.5. The number of sulfone groups is 2. The summed E-state index contributed by atoms with van der Waals surface area (Å²) < 4.78 is 181. The number of carboxylic acid groups (broad SMARTS) is 4. The van der Waals surface area contributed by atoms with Crippen LogP contribution in [0.5, 0.6) is 0 Å². The van der Waals surface area contributed by atoms with E-state index in [9.17, 15) is 151 Å². The molecule has 40 nitrogen and oxygen atoms in total. The topological polar surface area (TPSA) is 693 Å². The van der Waals surface area contributed by atoms with E-state index in [1.165, 1.54) is 0 Å². The minimum Gasteiger partial charge on any atom is -0.547 e. The molecule has 0 aliphatic carbocycles. The fourth-order valence-electron chi connectivity index (χ4n) is 9.17. The molecule has 4 aromatic carbocycles. The van der Waals surface area contributed by atoms with Crippen LogP contribution < -0.4 is 158 Å². The van der Waals surface area contributed by atoms with Gasteiger partial charge in [-0.15, -0.1) is 0 Å². The van der Waals surface area contributed by atoms with Crippen LogP contribution in [0.3, 0.4) is 0 Å². The van der Waals surface area contributed by atoms with Crippen LogP contribution >= 0.6 is 0 Å². The summed E-state index contributed by atoms with van der Waals surface area (Å²) in [7, 11) is -28.0. The SMILES string of the molecule is O=C([O-])[C@H]1O[C@@H](S(=O)(=O)Nc2ccc(S(=O)(=O)c3ccc(NS(=O)(=O)[C@@H]4O[C@H](C(=O)[O-])[C@@H](O)[C@H](O)[C@H]4O)cc3)cc2)[C@H](O)[C@@H](O)[C@@H]1O.O=C([O-])[C@H]1O[C@@H](S(=O)(=O)Nc2ccc(S(=O)(=O)c3ccc(NS(=O)(=O)[C@@H]4O[C@H](C(=O)[O-])[C@@H](O)[C@H](O)[C@H]4O)cc3)cc2)[C@H](O)[C@@H](O)[C@@H]1O.[Na+].[Na+].[Na+].[Na+]. The predicted octanol–water partition coefficient (Wildman–Crippen LogP) is -25.7. The molecule has 50 heteroatoms. The van der Waals surface area contributed by atoms with Crippen molar-refractivity contribution < 1.29 is 289 Å². The fraction of sp³-hybridized carbons (Fsp3) is 0.417. The summed E-state index contributed by atoms with van der Waals surface area (Å²) in [5, 5.41) is 163. The van der Waals surface area contributed by atoms with Crippen LogP contribution in [0.15, 0.2) is 117 Å². The smallest absolute Gasteiger partial charge is 0.547 e. The number of ether oxygens (including phenoxy) is 4. The molecule has 0 saturated carbocycles. The number of rotatable bonds is 20.